The quantitative estimate of drug-likeness (QED) is 0.813. The molecular weight excluding hydrogens is 242 g/mol. The van der Waals surface area contributed by atoms with E-state index in [-0.39, 0.29) is 5.92 Å². The molecule has 0 aliphatic carbocycles. The van der Waals surface area contributed by atoms with E-state index in [0.717, 1.165) is 0 Å². The Morgan fingerprint density at radius 3 is 1.88 bits per heavy atom. The van der Waals surface area contributed by atoms with Crippen molar-refractivity contribution in [3.8, 4) is 0 Å². The van der Waals surface area contributed by atoms with E-state index >= 15 is 0 Å². The first kappa shape index (κ1) is 15.6. The number of hydrogen-bond acceptors (Lipinski definition) is 3. The van der Waals surface area contributed by atoms with Crippen LogP contribution in [0.25, 0.3) is 0 Å². The van der Waals surface area contributed by atoms with Gasteiger partial charge in [0.25, 0.3) is 5.24 Å². The average molecular weight is 258 g/mol. The first-order chi connectivity index (χ1) is 7.86. The number of rotatable bonds is 3. The van der Waals surface area contributed by atoms with Gasteiger partial charge >= 0.3 is 5.97 Å². The highest BCUT2D eigenvalue weighted by Gasteiger charge is 2.14. The second kappa shape index (κ2) is 7.81. The van der Waals surface area contributed by atoms with Crippen molar-refractivity contribution in [3.63, 3.8) is 0 Å². The summed E-state index contributed by atoms with van der Waals surface area (Å²) in [5, 5.41) is 7.82. The topological polar surface area (TPSA) is 80.4 Å². The van der Waals surface area contributed by atoms with Gasteiger partial charge < -0.3 is 10.8 Å². The molecule has 17 heavy (non-hydrogen) atoms. The van der Waals surface area contributed by atoms with Gasteiger partial charge in [0.2, 0.25) is 0 Å². The molecule has 0 radical (unpaired) electrons. The van der Waals surface area contributed by atoms with E-state index in [9.17, 15) is 9.59 Å². The third-order valence-electron chi connectivity index (χ3n) is 2.00. The fraction of sp³-hybridized carbons (Fsp3) is 0.333. The number of carbonyl (C=O) groups excluding carboxylic acids is 1. The SMILES string of the molecule is CC(C)[C@H](N)C(=O)O.O=C(Cl)c1ccccc1. The number of aliphatic carboxylic acids is 1. The van der Waals surface area contributed by atoms with Crippen LogP contribution in [0.1, 0.15) is 24.2 Å². The van der Waals surface area contributed by atoms with Gasteiger partial charge in [0.05, 0.1) is 0 Å². The van der Waals surface area contributed by atoms with Crippen LogP contribution in [-0.4, -0.2) is 22.4 Å². The molecule has 3 N–H and O–H groups in total. The van der Waals surface area contributed by atoms with E-state index in [2.05, 4.69) is 0 Å². The molecule has 4 nitrogen and oxygen atoms in total. The van der Waals surface area contributed by atoms with Gasteiger partial charge in [-0.05, 0) is 17.5 Å². The first-order valence-corrected chi connectivity index (χ1v) is 5.47. The molecule has 1 rings (SSSR count). The molecule has 0 saturated carbocycles. The third kappa shape index (κ3) is 6.71. The second-order valence-corrected chi connectivity index (χ2v) is 4.09. The van der Waals surface area contributed by atoms with E-state index in [4.69, 9.17) is 22.4 Å². The molecule has 1 aromatic carbocycles. The molecule has 0 fully saturated rings. The summed E-state index contributed by atoms with van der Waals surface area (Å²) in [4.78, 5) is 20.4. The average Bonchev–Trinajstić information content (AvgIpc) is 2.29. The number of halogens is 1. The van der Waals surface area contributed by atoms with Crippen LogP contribution in [0.3, 0.4) is 0 Å². The lowest BCUT2D eigenvalue weighted by molar-refractivity contribution is -0.139. The number of carbonyl (C=O) groups is 2. The van der Waals surface area contributed by atoms with Crippen LogP contribution >= 0.6 is 11.6 Å². The molecule has 0 unspecified atom stereocenters. The zero-order valence-electron chi connectivity index (χ0n) is 9.76. The summed E-state index contributed by atoms with van der Waals surface area (Å²) in [5.41, 5.74) is 5.70. The number of nitrogens with two attached hydrogens (primary N) is 1. The Morgan fingerprint density at radius 2 is 1.71 bits per heavy atom. The van der Waals surface area contributed by atoms with Crippen LogP contribution in [0.4, 0.5) is 0 Å². The van der Waals surface area contributed by atoms with Gasteiger partial charge in [-0.1, -0.05) is 44.2 Å². The number of benzene rings is 1. The summed E-state index contributed by atoms with van der Waals surface area (Å²) in [6.45, 7) is 3.55. The predicted molar refractivity (Wildman–Crippen MR) is 67.1 cm³/mol. The van der Waals surface area contributed by atoms with Crippen LogP contribution in [0.5, 0.6) is 0 Å². The van der Waals surface area contributed by atoms with Crippen molar-refractivity contribution in [2.75, 3.05) is 0 Å². The Hall–Kier alpha value is -1.39. The highest BCUT2D eigenvalue weighted by Crippen LogP contribution is 2.01. The summed E-state index contributed by atoms with van der Waals surface area (Å²) in [6, 6.07) is 8.02. The number of carboxylic acids is 1. The van der Waals surface area contributed by atoms with E-state index in [1.807, 2.05) is 6.07 Å². The normalized spacial score (nSPS) is 11.4. The minimum atomic E-state index is -0.931. The molecule has 0 amide bonds. The van der Waals surface area contributed by atoms with Crippen LogP contribution < -0.4 is 5.73 Å². The Morgan fingerprint density at radius 1 is 1.24 bits per heavy atom. The predicted octanol–water partition coefficient (Wildman–Crippen LogP) is 2.12. The maximum absolute atomic E-state index is 10.4. The minimum Gasteiger partial charge on any atom is -0.480 e. The van der Waals surface area contributed by atoms with E-state index < -0.39 is 17.3 Å². The highest BCUT2D eigenvalue weighted by molar-refractivity contribution is 6.67. The highest BCUT2D eigenvalue weighted by atomic mass is 35.5. The van der Waals surface area contributed by atoms with Gasteiger partial charge in [0, 0.05) is 5.56 Å². The molecule has 0 aromatic heterocycles. The van der Waals surface area contributed by atoms with Crippen LogP contribution in [-0.2, 0) is 4.79 Å². The van der Waals surface area contributed by atoms with Gasteiger partial charge in [0.1, 0.15) is 6.04 Å². The molecule has 0 bridgehead atoms. The third-order valence-corrected chi connectivity index (χ3v) is 2.22. The summed E-state index contributed by atoms with van der Waals surface area (Å²) in [5.74, 6) is -0.910. The van der Waals surface area contributed by atoms with Crippen molar-refractivity contribution in [1.29, 1.82) is 0 Å². The zero-order chi connectivity index (χ0) is 13.4. The fourth-order valence-corrected chi connectivity index (χ4v) is 0.980. The Labute approximate surface area is 105 Å². The smallest absolute Gasteiger partial charge is 0.320 e. The molecule has 1 aromatic rings. The summed E-state index contributed by atoms with van der Waals surface area (Å²) in [7, 11) is 0. The maximum atomic E-state index is 10.4. The van der Waals surface area contributed by atoms with Crippen molar-refractivity contribution in [1.82, 2.24) is 0 Å². The molecule has 0 spiro atoms. The second-order valence-electron chi connectivity index (χ2n) is 3.75. The van der Waals surface area contributed by atoms with Crippen LogP contribution in [0, 0.1) is 5.92 Å². The number of carboxylic acid groups (broad SMARTS) is 1. The van der Waals surface area contributed by atoms with Crippen molar-refractivity contribution in [2.45, 2.75) is 19.9 Å². The molecule has 94 valence electrons. The van der Waals surface area contributed by atoms with E-state index in [1.165, 1.54) is 0 Å². The molecule has 0 saturated heterocycles. The molecule has 5 heteroatoms. The summed E-state index contributed by atoms with van der Waals surface area (Å²) in [6.07, 6.45) is 0. The first-order valence-electron chi connectivity index (χ1n) is 5.09. The molecule has 1 atom stereocenters. The van der Waals surface area contributed by atoms with Crippen LogP contribution in [0.15, 0.2) is 30.3 Å². The summed E-state index contributed by atoms with van der Waals surface area (Å²) >= 11 is 5.16. The van der Waals surface area contributed by atoms with Crippen molar-refractivity contribution >= 4 is 22.8 Å². The molecular formula is C12H16ClNO3. The number of hydrogen-bond donors (Lipinski definition) is 2. The maximum Gasteiger partial charge on any atom is 0.320 e. The Bertz CT molecular complexity index is 365. The van der Waals surface area contributed by atoms with Gasteiger partial charge in [-0.25, -0.2) is 0 Å². The minimum absolute atomic E-state index is 0.0208. The lowest BCUT2D eigenvalue weighted by atomic mass is 10.1. The lowest BCUT2D eigenvalue weighted by Gasteiger charge is -2.07. The van der Waals surface area contributed by atoms with E-state index in [1.54, 1.807) is 38.1 Å². The lowest BCUT2D eigenvalue weighted by Crippen LogP contribution is -2.34. The van der Waals surface area contributed by atoms with Crippen molar-refractivity contribution in [3.05, 3.63) is 35.9 Å². The van der Waals surface area contributed by atoms with Crippen molar-refractivity contribution < 1.29 is 14.7 Å². The Balaban J connectivity index is 0.000000304. The standard InChI is InChI=1S/C7H5ClO.C5H11NO2/c8-7(9)6-4-2-1-3-5-6;1-3(2)4(6)5(7)8/h1-5H;3-4H,6H2,1-2H3,(H,7,8)/t;4-/m.0/s1. The molecule has 0 aliphatic heterocycles. The van der Waals surface area contributed by atoms with Gasteiger partial charge in [-0.15, -0.1) is 0 Å². The summed E-state index contributed by atoms with van der Waals surface area (Å²) < 4.78 is 0. The van der Waals surface area contributed by atoms with Gasteiger partial charge in [-0.2, -0.15) is 0 Å². The van der Waals surface area contributed by atoms with Gasteiger partial charge in [-0.3, -0.25) is 9.59 Å². The van der Waals surface area contributed by atoms with Crippen LogP contribution in [0.2, 0.25) is 0 Å². The largest absolute Gasteiger partial charge is 0.480 e. The molecule has 0 heterocycles. The zero-order valence-corrected chi connectivity index (χ0v) is 10.5. The van der Waals surface area contributed by atoms with Crippen molar-refractivity contribution in [2.24, 2.45) is 11.7 Å². The van der Waals surface area contributed by atoms with Gasteiger partial charge in [0.15, 0.2) is 0 Å². The molecule has 0 aliphatic rings. The Kier molecular flexibility index (Phi) is 7.18. The monoisotopic (exact) mass is 257 g/mol. The fourth-order valence-electron chi connectivity index (χ4n) is 0.854. The van der Waals surface area contributed by atoms with E-state index in [0.29, 0.717) is 5.56 Å².